The van der Waals surface area contributed by atoms with Gasteiger partial charge in [0, 0.05) is 12.5 Å². The summed E-state index contributed by atoms with van der Waals surface area (Å²) in [6.45, 7) is 1.30. The highest BCUT2D eigenvalue weighted by Gasteiger charge is 2.36. The molecule has 10 heteroatoms. The minimum absolute atomic E-state index is 0.0554. The molecule has 0 fully saturated rings. The van der Waals surface area contributed by atoms with Gasteiger partial charge in [-0.05, 0) is 29.8 Å². The second-order valence-electron chi connectivity index (χ2n) is 6.88. The van der Waals surface area contributed by atoms with Crippen molar-refractivity contribution in [2.75, 3.05) is 7.11 Å². The van der Waals surface area contributed by atoms with Crippen LogP contribution in [0.2, 0.25) is 10.0 Å². The van der Waals surface area contributed by atoms with E-state index >= 15 is 0 Å². The van der Waals surface area contributed by atoms with Crippen LogP contribution in [0.25, 0.3) is 11.3 Å². The number of hydrogen-bond donors (Lipinski definition) is 2. The Balaban J connectivity index is 1.91. The van der Waals surface area contributed by atoms with Crippen LogP contribution in [0.5, 0.6) is 17.4 Å². The predicted molar refractivity (Wildman–Crippen MR) is 118 cm³/mol. The third-order valence-corrected chi connectivity index (χ3v) is 5.66. The van der Waals surface area contributed by atoms with E-state index in [2.05, 4.69) is 16.3 Å². The van der Waals surface area contributed by atoms with Gasteiger partial charge in [-0.2, -0.15) is 5.26 Å². The number of ether oxygens (including phenoxy) is 3. The molecule has 0 saturated heterocycles. The van der Waals surface area contributed by atoms with Crippen molar-refractivity contribution < 1.29 is 19.0 Å². The second kappa shape index (κ2) is 8.46. The number of rotatable bonds is 4. The number of halogens is 2. The summed E-state index contributed by atoms with van der Waals surface area (Å²) < 4.78 is 16.2. The van der Waals surface area contributed by atoms with Gasteiger partial charge in [0.15, 0.2) is 11.5 Å². The fourth-order valence-electron chi connectivity index (χ4n) is 3.55. The van der Waals surface area contributed by atoms with Gasteiger partial charge in [0.25, 0.3) is 0 Å². The molecule has 0 aliphatic carbocycles. The van der Waals surface area contributed by atoms with E-state index in [4.69, 9.17) is 43.1 Å². The van der Waals surface area contributed by atoms with E-state index in [1.807, 2.05) is 0 Å². The first-order chi connectivity index (χ1) is 15.3. The second-order valence-corrected chi connectivity index (χ2v) is 7.69. The maximum Gasteiger partial charge on any atom is 0.308 e. The van der Waals surface area contributed by atoms with Gasteiger partial charge < -0.3 is 19.9 Å². The van der Waals surface area contributed by atoms with Crippen LogP contribution >= 0.6 is 23.2 Å². The lowest BCUT2D eigenvalue weighted by atomic mass is 9.83. The van der Waals surface area contributed by atoms with Gasteiger partial charge in [0.05, 0.1) is 34.3 Å². The predicted octanol–water partition coefficient (Wildman–Crippen LogP) is 4.54. The van der Waals surface area contributed by atoms with Crippen molar-refractivity contribution in [3.8, 4) is 34.7 Å². The minimum Gasteiger partial charge on any atom is -0.493 e. The molecule has 0 radical (unpaired) electrons. The van der Waals surface area contributed by atoms with Gasteiger partial charge in [0.2, 0.25) is 11.8 Å². The molecule has 0 saturated carbocycles. The Bertz CT molecular complexity index is 1310. The Labute approximate surface area is 193 Å². The molecule has 3 N–H and O–H groups in total. The SMILES string of the molecule is COc1cc(C2C(C#N)=C(N)Oc3n[nH]c(-c4ccc(Cl)c(Cl)c4)c32)ccc1OC(C)=O. The van der Waals surface area contributed by atoms with E-state index < -0.39 is 11.9 Å². The lowest BCUT2D eigenvalue weighted by molar-refractivity contribution is -0.132. The van der Waals surface area contributed by atoms with E-state index in [0.29, 0.717) is 38.2 Å². The number of carbonyl (C=O) groups excluding carboxylic acids is 1. The first-order valence-corrected chi connectivity index (χ1v) is 10.1. The summed E-state index contributed by atoms with van der Waals surface area (Å²) in [4.78, 5) is 11.4. The van der Waals surface area contributed by atoms with Crippen LogP contribution in [0, 0.1) is 11.3 Å². The minimum atomic E-state index is -0.632. The van der Waals surface area contributed by atoms with E-state index in [0.717, 1.165) is 0 Å². The lowest BCUT2D eigenvalue weighted by Gasteiger charge is -2.24. The first kappa shape index (κ1) is 21.6. The number of methoxy groups -OCH3 is 1. The Morgan fingerprint density at radius 1 is 1.22 bits per heavy atom. The van der Waals surface area contributed by atoms with E-state index in [-0.39, 0.29) is 23.1 Å². The van der Waals surface area contributed by atoms with Crippen molar-refractivity contribution in [1.29, 1.82) is 5.26 Å². The summed E-state index contributed by atoms with van der Waals surface area (Å²) in [6, 6.07) is 12.2. The molecule has 0 amide bonds. The molecular formula is C22H16Cl2N4O4. The molecule has 2 aromatic carbocycles. The van der Waals surface area contributed by atoms with Gasteiger partial charge in [0.1, 0.15) is 11.6 Å². The normalized spacial score (nSPS) is 14.9. The highest BCUT2D eigenvalue weighted by molar-refractivity contribution is 6.42. The fourth-order valence-corrected chi connectivity index (χ4v) is 3.85. The topological polar surface area (TPSA) is 123 Å². The van der Waals surface area contributed by atoms with Gasteiger partial charge in [-0.15, -0.1) is 5.10 Å². The summed E-state index contributed by atoms with van der Waals surface area (Å²) in [6.07, 6.45) is 0. The number of aromatic nitrogens is 2. The molecule has 8 nitrogen and oxygen atoms in total. The number of nitrogens with zero attached hydrogens (tertiary/aromatic N) is 2. The number of nitriles is 1. The molecule has 1 aromatic heterocycles. The largest absolute Gasteiger partial charge is 0.493 e. The average Bonchev–Trinajstić information content (AvgIpc) is 3.18. The Morgan fingerprint density at radius 3 is 2.66 bits per heavy atom. The van der Waals surface area contributed by atoms with Crippen LogP contribution in [-0.4, -0.2) is 23.3 Å². The molecule has 0 spiro atoms. The van der Waals surface area contributed by atoms with Crippen LogP contribution in [-0.2, 0) is 4.79 Å². The van der Waals surface area contributed by atoms with Crippen molar-refractivity contribution >= 4 is 29.2 Å². The van der Waals surface area contributed by atoms with Crippen molar-refractivity contribution in [1.82, 2.24) is 10.2 Å². The zero-order valence-electron chi connectivity index (χ0n) is 16.9. The zero-order valence-corrected chi connectivity index (χ0v) is 18.4. The maximum absolute atomic E-state index is 11.4. The molecule has 3 aromatic rings. The smallest absolute Gasteiger partial charge is 0.308 e. The summed E-state index contributed by atoms with van der Waals surface area (Å²) in [7, 11) is 1.45. The van der Waals surface area contributed by atoms with Crippen LogP contribution in [0.1, 0.15) is 24.0 Å². The zero-order chi connectivity index (χ0) is 23.0. The molecule has 4 rings (SSSR count). The number of fused-ring (bicyclic) bond motifs is 1. The number of hydrogen-bond acceptors (Lipinski definition) is 7. The summed E-state index contributed by atoms with van der Waals surface area (Å²) in [5.41, 5.74) is 8.77. The van der Waals surface area contributed by atoms with Gasteiger partial charge in [-0.25, -0.2) is 0 Å². The number of allylic oxidation sites excluding steroid dienone is 1. The average molecular weight is 471 g/mol. The fraction of sp³-hybridized carbons (Fsp3) is 0.136. The van der Waals surface area contributed by atoms with E-state index in [1.165, 1.54) is 14.0 Å². The maximum atomic E-state index is 11.4. The Morgan fingerprint density at radius 2 is 2.00 bits per heavy atom. The number of aromatic amines is 1. The molecule has 2 heterocycles. The highest BCUT2D eigenvalue weighted by atomic mass is 35.5. The number of nitrogens with two attached hydrogens (primary N) is 1. The van der Waals surface area contributed by atoms with Gasteiger partial charge in [-0.3, -0.25) is 9.89 Å². The molecule has 1 unspecified atom stereocenters. The molecular weight excluding hydrogens is 455 g/mol. The van der Waals surface area contributed by atoms with E-state index in [1.54, 1.807) is 36.4 Å². The van der Waals surface area contributed by atoms with Crippen molar-refractivity contribution in [2.45, 2.75) is 12.8 Å². The number of carbonyl (C=O) groups is 1. The van der Waals surface area contributed by atoms with Crippen molar-refractivity contribution in [3.05, 3.63) is 69.0 Å². The third kappa shape index (κ3) is 3.73. The number of nitrogens with one attached hydrogen (secondary N) is 1. The molecule has 0 bridgehead atoms. The summed E-state index contributed by atoms with van der Waals surface area (Å²) in [5, 5.41) is 17.8. The lowest BCUT2D eigenvalue weighted by Crippen LogP contribution is -2.21. The van der Waals surface area contributed by atoms with Crippen LogP contribution in [0.15, 0.2) is 47.9 Å². The summed E-state index contributed by atoms with van der Waals surface area (Å²) in [5.74, 6) is -0.365. The van der Waals surface area contributed by atoms with Crippen LogP contribution in [0.4, 0.5) is 0 Å². The van der Waals surface area contributed by atoms with Gasteiger partial charge >= 0.3 is 5.97 Å². The number of benzene rings is 2. The van der Waals surface area contributed by atoms with E-state index in [9.17, 15) is 10.1 Å². The van der Waals surface area contributed by atoms with Crippen LogP contribution in [0.3, 0.4) is 0 Å². The third-order valence-electron chi connectivity index (χ3n) is 4.92. The molecule has 32 heavy (non-hydrogen) atoms. The molecule has 1 atom stereocenters. The monoisotopic (exact) mass is 470 g/mol. The first-order valence-electron chi connectivity index (χ1n) is 9.31. The quantitative estimate of drug-likeness (QED) is 0.423. The number of esters is 1. The van der Waals surface area contributed by atoms with Crippen LogP contribution < -0.4 is 19.9 Å². The highest BCUT2D eigenvalue weighted by Crippen LogP contribution is 2.47. The summed E-state index contributed by atoms with van der Waals surface area (Å²) >= 11 is 12.3. The van der Waals surface area contributed by atoms with Crippen molar-refractivity contribution in [3.63, 3.8) is 0 Å². The standard InChI is InChI=1S/C22H16Cl2N4O4/c1-10(29)31-16-6-4-11(8-17(16)30-2)18-13(9-25)21(26)32-22-19(18)20(27-28-22)12-3-5-14(23)15(24)7-12/h3-8,18H,26H2,1-2H3,(H,27,28). The van der Waals surface area contributed by atoms with Gasteiger partial charge in [-0.1, -0.05) is 35.3 Å². The molecule has 162 valence electrons. The van der Waals surface area contributed by atoms with Crippen molar-refractivity contribution in [2.24, 2.45) is 5.73 Å². The Kier molecular flexibility index (Phi) is 5.70. The molecule has 1 aliphatic rings. The molecule has 1 aliphatic heterocycles. The Hall–Kier alpha value is -3.67. The number of H-pyrrole nitrogens is 1.